The van der Waals surface area contributed by atoms with Crippen LogP contribution in [0.1, 0.15) is 22.8 Å². The predicted octanol–water partition coefficient (Wildman–Crippen LogP) is 2.48. The zero-order chi connectivity index (χ0) is 22.2. The van der Waals surface area contributed by atoms with Gasteiger partial charge in [0.2, 0.25) is 0 Å². The molecule has 172 valence electrons. The summed E-state index contributed by atoms with van der Waals surface area (Å²) in [6.07, 6.45) is -0.645. The zero-order valence-corrected chi connectivity index (χ0v) is 18.3. The minimum atomic E-state index is -0.645. The third-order valence-corrected chi connectivity index (χ3v) is 4.46. The minimum Gasteiger partial charge on any atom is -0.491 e. The fourth-order valence-corrected chi connectivity index (χ4v) is 2.75. The number of aliphatic hydroxyl groups excluding tert-OH is 1. The molecule has 2 aromatic rings. The highest BCUT2D eigenvalue weighted by molar-refractivity contribution is 5.34. The smallest absolute Gasteiger partial charge is 0.119 e. The highest BCUT2D eigenvalue weighted by Crippen LogP contribution is 2.24. The second-order valence-corrected chi connectivity index (χ2v) is 6.97. The molecular weight excluding hydrogens is 398 g/mol. The third-order valence-electron chi connectivity index (χ3n) is 4.46. The van der Waals surface area contributed by atoms with E-state index in [0.717, 1.165) is 16.9 Å². The molecule has 2 rings (SSSR count). The van der Waals surface area contributed by atoms with Crippen molar-refractivity contribution in [1.82, 2.24) is 0 Å². The van der Waals surface area contributed by atoms with Crippen molar-refractivity contribution in [3.05, 3.63) is 65.2 Å². The van der Waals surface area contributed by atoms with Crippen LogP contribution in [0.3, 0.4) is 0 Å². The Labute approximate surface area is 185 Å². The number of hydrogen-bond acceptors (Lipinski definition) is 7. The lowest BCUT2D eigenvalue weighted by Gasteiger charge is -2.13. The van der Waals surface area contributed by atoms with Crippen molar-refractivity contribution >= 4 is 0 Å². The van der Waals surface area contributed by atoms with Crippen molar-refractivity contribution < 1.29 is 28.8 Å². The average molecular weight is 434 g/mol. The zero-order valence-electron chi connectivity index (χ0n) is 18.3. The van der Waals surface area contributed by atoms with E-state index in [0.29, 0.717) is 66.0 Å². The molecule has 0 aliphatic heterocycles. The van der Waals surface area contributed by atoms with Gasteiger partial charge in [-0.1, -0.05) is 42.0 Å². The Morgan fingerprint density at radius 2 is 1.06 bits per heavy atom. The molecule has 0 saturated carbocycles. The van der Waals surface area contributed by atoms with Crippen molar-refractivity contribution in [2.75, 3.05) is 66.0 Å². The van der Waals surface area contributed by atoms with Crippen LogP contribution in [0.15, 0.2) is 48.5 Å². The number of hydrogen-bond donors (Lipinski definition) is 2. The normalized spacial score (nSPS) is 12.1. The number of rotatable bonds is 17. The molecule has 0 amide bonds. The molecule has 3 N–H and O–H groups in total. The number of aryl methyl sites for hydroxylation is 1. The molecular formula is C24H35NO6. The summed E-state index contributed by atoms with van der Waals surface area (Å²) in [4.78, 5) is 0. The molecule has 0 aliphatic rings. The van der Waals surface area contributed by atoms with Crippen LogP contribution in [0.2, 0.25) is 0 Å². The van der Waals surface area contributed by atoms with E-state index in [1.807, 2.05) is 55.5 Å². The molecule has 0 spiro atoms. The van der Waals surface area contributed by atoms with Gasteiger partial charge in [-0.05, 0) is 30.2 Å². The van der Waals surface area contributed by atoms with Gasteiger partial charge in [-0.2, -0.15) is 0 Å². The average Bonchev–Trinajstić information content (AvgIpc) is 2.80. The first-order valence-corrected chi connectivity index (χ1v) is 10.7. The SMILES string of the molecule is Cc1ccc(C(O)c2ccc(OCCOCCOCCOCCOCCN)cc2)cc1. The number of benzene rings is 2. The van der Waals surface area contributed by atoms with Crippen LogP contribution < -0.4 is 10.5 Å². The Kier molecular flexibility index (Phi) is 12.8. The third kappa shape index (κ3) is 10.7. The Bertz CT molecular complexity index is 692. The Hall–Kier alpha value is -2.00. The van der Waals surface area contributed by atoms with Crippen LogP contribution in [0.25, 0.3) is 0 Å². The van der Waals surface area contributed by atoms with Crippen LogP contribution in [0, 0.1) is 6.92 Å². The first-order valence-electron chi connectivity index (χ1n) is 10.7. The van der Waals surface area contributed by atoms with Gasteiger partial charge < -0.3 is 34.5 Å². The maximum absolute atomic E-state index is 10.5. The summed E-state index contributed by atoms with van der Waals surface area (Å²) in [5.41, 5.74) is 8.19. The van der Waals surface area contributed by atoms with E-state index >= 15 is 0 Å². The Balaban J connectivity index is 1.48. The van der Waals surface area contributed by atoms with Gasteiger partial charge in [0.1, 0.15) is 18.5 Å². The first kappa shape index (κ1) is 25.3. The van der Waals surface area contributed by atoms with E-state index in [-0.39, 0.29) is 0 Å². The molecule has 0 aliphatic carbocycles. The summed E-state index contributed by atoms with van der Waals surface area (Å²) >= 11 is 0. The summed E-state index contributed by atoms with van der Waals surface area (Å²) in [7, 11) is 0. The minimum absolute atomic E-state index is 0.450. The first-order chi connectivity index (χ1) is 15.2. The van der Waals surface area contributed by atoms with E-state index in [2.05, 4.69) is 0 Å². The molecule has 2 aromatic carbocycles. The summed E-state index contributed by atoms with van der Waals surface area (Å²) < 4.78 is 27.2. The number of nitrogens with two attached hydrogens (primary N) is 1. The molecule has 0 saturated heterocycles. The molecule has 7 heteroatoms. The van der Waals surface area contributed by atoms with E-state index in [9.17, 15) is 5.11 Å². The summed E-state index contributed by atoms with van der Waals surface area (Å²) in [5, 5.41) is 10.5. The molecule has 0 radical (unpaired) electrons. The van der Waals surface area contributed by atoms with Crippen LogP contribution in [0.4, 0.5) is 0 Å². The van der Waals surface area contributed by atoms with Gasteiger partial charge in [0.15, 0.2) is 0 Å². The van der Waals surface area contributed by atoms with E-state index < -0.39 is 6.10 Å². The largest absolute Gasteiger partial charge is 0.491 e. The lowest BCUT2D eigenvalue weighted by molar-refractivity contribution is -0.00387. The fourth-order valence-electron chi connectivity index (χ4n) is 2.75. The lowest BCUT2D eigenvalue weighted by atomic mass is 10.0. The summed E-state index contributed by atoms with van der Waals surface area (Å²) in [5.74, 6) is 0.743. The lowest BCUT2D eigenvalue weighted by Crippen LogP contribution is -2.15. The van der Waals surface area contributed by atoms with Crippen LogP contribution in [0.5, 0.6) is 5.75 Å². The number of ether oxygens (including phenoxy) is 5. The topological polar surface area (TPSA) is 92.4 Å². The maximum atomic E-state index is 10.5. The second kappa shape index (κ2) is 15.8. The molecule has 1 unspecified atom stereocenters. The highest BCUT2D eigenvalue weighted by atomic mass is 16.6. The quantitative estimate of drug-likeness (QED) is 0.370. The predicted molar refractivity (Wildman–Crippen MR) is 120 cm³/mol. The van der Waals surface area contributed by atoms with Gasteiger partial charge in [-0.15, -0.1) is 0 Å². The summed E-state index contributed by atoms with van der Waals surface area (Å²) in [6.45, 7) is 7.21. The highest BCUT2D eigenvalue weighted by Gasteiger charge is 2.10. The molecule has 7 nitrogen and oxygen atoms in total. The van der Waals surface area contributed by atoms with E-state index in [1.54, 1.807) is 0 Å². The summed E-state index contributed by atoms with van der Waals surface area (Å²) in [6, 6.07) is 15.3. The molecule has 0 aromatic heterocycles. The Morgan fingerprint density at radius 1 is 0.645 bits per heavy atom. The monoisotopic (exact) mass is 433 g/mol. The van der Waals surface area contributed by atoms with E-state index in [4.69, 9.17) is 29.4 Å². The van der Waals surface area contributed by atoms with Gasteiger partial charge in [-0.25, -0.2) is 0 Å². The maximum Gasteiger partial charge on any atom is 0.119 e. The van der Waals surface area contributed by atoms with Gasteiger partial charge in [0, 0.05) is 6.54 Å². The number of aliphatic hydroxyl groups is 1. The van der Waals surface area contributed by atoms with Gasteiger partial charge in [0.05, 0.1) is 52.9 Å². The van der Waals surface area contributed by atoms with Gasteiger partial charge in [0.25, 0.3) is 0 Å². The van der Waals surface area contributed by atoms with Gasteiger partial charge in [-0.3, -0.25) is 0 Å². The van der Waals surface area contributed by atoms with Gasteiger partial charge >= 0.3 is 0 Å². The standard InChI is InChI=1S/C24H35NO6/c1-20-2-4-21(5-3-20)24(26)22-6-8-23(9-7-22)31-19-18-30-17-16-29-15-14-28-13-12-27-11-10-25/h2-9,24,26H,10-19,25H2,1H3. The van der Waals surface area contributed by atoms with Crippen molar-refractivity contribution in [3.8, 4) is 5.75 Å². The van der Waals surface area contributed by atoms with Crippen molar-refractivity contribution in [1.29, 1.82) is 0 Å². The van der Waals surface area contributed by atoms with Crippen LogP contribution in [-0.4, -0.2) is 71.1 Å². The van der Waals surface area contributed by atoms with Crippen LogP contribution in [-0.2, 0) is 18.9 Å². The Morgan fingerprint density at radius 3 is 1.55 bits per heavy atom. The molecule has 1 atom stereocenters. The molecule has 0 bridgehead atoms. The molecule has 0 fully saturated rings. The molecule has 31 heavy (non-hydrogen) atoms. The van der Waals surface area contributed by atoms with Crippen molar-refractivity contribution in [2.45, 2.75) is 13.0 Å². The van der Waals surface area contributed by atoms with Crippen molar-refractivity contribution in [3.63, 3.8) is 0 Å². The fraction of sp³-hybridized carbons (Fsp3) is 0.500. The second-order valence-electron chi connectivity index (χ2n) is 6.97. The van der Waals surface area contributed by atoms with Crippen molar-refractivity contribution in [2.24, 2.45) is 5.73 Å². The van der Waals surface area contributed by atoms with Crippen LogP contribution >= 0.6 is 0 Å². The van der Waals surface area contributed by atoms with E-state index in [1.165, 1.54) is 5.56 Å². The molecule has 0 heterocycles.